The molecule has 0 aliphatic carbocycles. The second-order valence-corrected chi connectivity index (χ2v) is 5.24. The molecule has 96 valence electrons. The zero-order chi connectivity index (χ0) is 13.2. The van der Waals surface area contributed by atoms with Crippen LogP contribution in [0.4, 0.5) is 13.2 Å². The summed E-state index contributed by atoms with van der Waals surface area (Å²) in [4.78, 5) is -0.947. The van der Waals surface area contributed by atoms with Gasteiger partial charge in [-0.2, -0.15) is 0 Å². The zero-order valence-electron chi connectivity index (χ0n) is 8.88. The lowest BCUT2D eigenvalue weighted by Gasteiger charge is -2.09. The van der Waals surface area contributed by atoms with Crippen LogP contribution in [-0.4, -0.2) is 21.0 Å². The van der Waals surface area contributed by atoms with Crippen molar-refractivity contribution in [3.05, 3.63) is 29.6 Å². The van der Waals surface area contributed by atoms with E-state index in [1.807, 2.05) is 4.72 Å². The van der Waals surface area contributed by atoms with E-state index >= 15 is 0 Å². The Bertz CT molecular complexity index is 517. The molecule has 0 aliphatic heterocycles. The largest absolute Gasteiger partial charge is 0.327 e. The Morgan fingerprint density at radius 3 is 2.41 bits per heavy atom. The van der Waals surface area contributed by atoms with Gasteiger partial charge in [0.1, 0.15) is 4.90 Å². The van der Waals surface area contributed by atoms with Crippen LogP contribution in [0.5, 0.6) is 0 Å². The number of hydrogen-bond acceptors (Lipinski definition) is 3. The lowest BCUT2D eigenvalue weighted by molar-refractivity contribution is 0.431. The highest BCUT2D eigenvalue weighted by molar-refractivity contribution is 7.89. The maximum absolute atomic E-state index is 13.2. The van der Waals surface area contributed by atoms with Gasteiger partial charge in [0.25, 0.3) is 0 Å². The molecule has 8 heteroatoms. The summed E-state index contributed by atoms with van der Waals surface area (Å²) in [6.07, 6.45) is 0. The second kappa shape index (κ2) is 5.03. The number of sulfonamides is 1. The topological polar surface area (TPSA) is 72.2 Å². The van der Waals surface area contributed by atoms with Gasteiger partial charge in [0.05, 0.1) is 0 Å². The van der Waals surface area contributed by atoms with Crippen molar-refractivity contribution < 1.29 is 21.6 Å². The molecule has 4 nitrogen and oxygen atoms in total. The highest BCUT2D eigenvalue weighted by Gasteiger charge is 2.23. The Balaban J connectivity index is 3.12. The molecular weight excluding hydrogens is 257 g/mol. The molecule has 0 amide bonds. The maximum Gasteiger partial charge on any atom is 0.243 e. The van der Waals surface area contributed by atoms with E-state index in [9.17, 15) is 21.6 Å². The number of nitrogens with two attached hydrogens (primary N) is 1. The van der Waals surface area contributed by atoms with E-state index in [1.165, 1.54) is 6.92 Å². The molecule has 0 saturated carbocycles. The molecule has 0 saturated heterocycles. The van der Waals surface area contributed by atoms with Crippen LogP contribution >= 0.6 is 0 Å². The minimum Gasteiger partial charge on any atom is -0.327 e. The first kappa shape index (κ1) is 13.9. The number of benzene rings is 1. The van der Waals surface area contributed by atoms with Gasteiger partial charge < -0.3 is 5.73 Å². The molecule has 1 rings (SSSR count). The first-order valence-electron chi connectivity index (χ1n) is 4.64. The number of rotatable bonds is 4. The molecule has 1 aromatic rings. The predicted octanol–water partition coefficient (Wildman–Crippen LogP) is 0.729. The summed E-state index contributed by atoms with van der Waals surface area (Å²) in [7, 11) is -4.24. The fraction of sp³-hybridized carbons (Fsp3) is 0.333. The van der Waals surface area contributed by atoms with Gasteiger partial charge in [-0.25, -0.2) is 26.3 Å². The number of hydrogen-bond donors (Lipinski definition) is 2. The molecule has 1 aromatic carbocycles. The zero-order valence-corrected chi connectivity index (χ0v) is 9.69. The van der Waals surface area contributed by atoms with E-state index in [0.717, 1.165) is 0 Å². The molecule has 0 aliphatic rings. The van der Waals surface area contributed by atoms with Gasteiger partial charge in [-0.1, -0.05) is 0 Å². The third-order valence-electron chi connectivity index (χ3n) is 1.88. The molecule has 0 radical (unpaired) electrons. The standard InChI is InChI=1S/C9H11F3N2O2S/c1-5(13)4-14-17(15,16)7-3-2-6(10)8(11)9(7)12/h2-3,5,14H,4,13H2,1H3. The summed E-state index contributed by atoms with van der Waals surface area (Å²) in [5.74, 6) is -5.02. The summed E-state index contributed by atoms with van der Waals surface area (Å²) in [5.41, 5.74) is 5.31. The average Bonchev–Trinajstić information content (AvgIpc) is 2.23. The third kappa shape index (κ3) is 3.18. The normalized spacial score (nSPS) is 13.7. The van der Waals surface area contributed by atoms with Crippen LogP contribution in [0.1, 0.15) is 6.92 Å². The van der Waals surface area contributed by atoms with Crippen LogP contribution < -0.4 is 10.5 Å². The van der Waals surface area contributed by atoms with Crippen molar-refractivity contribution in [3.8, 4) is 0 Å². The molecule has 3 N–H and O–H groups in total. The van der Waals surface area contributed by atoms with E-state index in [-0.39, 0.29) is 6.54 Å². The third-order valence-corrected chi connectivity index (χ3v) is 3.33. The lowest BCUT2D eigenvalue weighted by atomic mass is 10.3. The van der Waals surface area contributed by atoms with Crippen LogP contribution in [-0.2, 0) is 10.0 Å². The Kier molecular flexibility index (Phi) is 4.12. The van der Waals surface area contributed by atoms with E-state index in [4.69, 9.17) is 5.73 Å². The first-order valence-corrected chi connectivity index (χ1v) is 6.12. The van der Waals surface area contributed by atoms with Gasteiger partial charge in [-0.05, 0) is 19.1 Å². The Hall–Kier alpha value is -1.12. The van der Waals surface area contributed by atoms with Crippen LogP contribution in [0.15, 0.2) is 17.0 Å². The number of halogens is 3. The molecule has 0 bridgehead atoms. The highest BCUT2D eigenvalue weighted by atomic mass is 32.2. The Morgan fingerprint density at radius 1 is 1.29 bits per heavy atom. The van der Waals surface area contributed by atoms with E-state index in [1.54, 1.807) is 0 Å². The molecule has 1 unspecified atom stereocenters. The molecule has 0 aromatic heterocycles. The SMILES string of the molecule is CC(N)CNS(=O)(=O)c1ccc(F)c(F)c1F. The average molecular weight is 268 g/mol. The second-order valence-electron chi connectivity index (χ2n) is 3.50. The van der Waals surface area contributed by atoms with Crippen molar-refractivity contribution in [2.75, 3.05) is 6.54 Å². The monoisotopic (exact) mass is 268 g/mol. The molecule has 17 heavy (non-hydrogen) atoms. The summed E-state index contributed by atoms with van der Waals surface area (Å²) in [6.45, 7) is 1.39. The minimum absolute atomic E-state index is 0.138. The van der Waals surface area contributed by atoms with E-state index in [2.05, 4.69) is 0 Å². The van der Waals surface area contributed by atoms with Crippen molar-refractivity contribution >= 4 is 10.0 Å². The van der Waals surface area contributed by atoms with Crippen LogP contribution in [0.25, 0.3) is 0 Å². The van der Waals surface area contributed by atoms with Crippen molar-refractivity contribution in [3.63, 3.8) is 0 Å². The Labute approximate surface area is 96.7 Å². The molecule has 0 heterocycles. The van der Waals surface area contributed by atoms with E-state index < -0.39 is 38.4 Å². The quantitative estimate of drug-likeness (QED) is 0.791. The first-order chi connectivity index (χ1) is 7.75. The van der Waals surface area contributed by atoms with Crippen LogP contribution in [0, 0.1) is 17.5 Å². The van der Waals surface area contributed by atoms with Crippen molar-refractivity contribution in [1.82, 2.24) is 4.72 Å². The lowest BCUT2D eigenvalue weighted by Crippen LogP contribution is -2.35. The van der Waals surface area contributed by atoms with Crippen molar-refractivity contribution in [2.45, 2.75) is 17.9 Å². The highest BCUT2D eigenvalue weighted by Crippen LogP contribution is 2.19. The Morgan fingerprint density at radius 2 is 1.88 bits per heavy atom. The van der Waals surface area contributed by atoms with Gasteiger partial charge >= 0.3 is 0 Å². The van der Waals surface area contributed by atoms with Gasteiger partial charge in [-0.15, -0.1) is 0 Å². The summed E-state index contributed by atoms with van der Waals surface area (Å²) in [6, 6.07) is 0.703. The van der Waals surface area contributed by atoms with E-state index in [0.29, 0.717) is 12.1 Å². The molecule has 1 atom stereocenters. The fourth-order valence-corrected chi connectivity index (χ4v) is 2.25. The van der Waals surface area contributed by atoms with Crippen LogP contribution in [0.2, 0.25) is 0 Å². The minimum atomic E-state index is -4.24. The maximum atomic E-state index is 13.2. The van der Waals surface area contributed by atoms with Gasteiger partial charge in [0.2, 0.25) is 10.0 Å². The predicted molar refractivity (Wildman–Crippen MR) is 55.2 cm³/mol. The van der Waals surface area contributed by atoms with Crippen molar-refractivity contribution in [1.29, 1.82) is 0 Å². The summed E-state index contributed by atoms with van der Waals surface area (Å²) >= 11 is 0. The molecule has 0 spiro atoms. The molecule has 0 fully saturated rings. The van der Waals surface area contributed by atoms with Gasteiger partial charge in [0, 0.05) is 12.6 Å². The molecular formula is C9H11F3N2O2S. The summed E-state index contributed by atoms with van der Waals surface area (Å²) < 4.78 is 63.7. The fourth-order valence-electron chi connectivity index (χ4n) is 1.03. The number of nitrogens with one attached hydrogen (secondary N) is 1. The summed E-state index contributed by atoms with van der Waals surface area (Å²) in [5, 5.41) is 0. The van der Waals surface area contributed by atoms with Gasteiger partial charge in [0.15, 0.2) is 17.5 Å². The van der Waals surface area contributed by atoms with Crippen LogP contribution in [0.3, 0.4) is 0 Å². The smallest absolute Gasteiger partial charge is 0.243 e. The van der Waals surface area contributed by atoms with Crippen molar-refractivity contribution in [2.24, 2.45) is 5.73 Å². The van der Waals surface area contributed by atoms with Gasteiger partial charge in [-0.3, -0.25) is 0 Å².